The van der Waals surface area contributed by atoms with Gasteiger partial charge in [0.1, 0.15) is 11.3 Å². The smallest absolute Gasteiger partial charge is 0.262 e. The first-order chi connectivity index (χ1) is 14.0. The van der Waals surface area contributed by atoms with Crippen molar-refractivity contribution in [1.82, 2.24) is 4.98 Å². The highest BCUT2D eigenvalue weighted by molar-refractivity contribution is 5.91. The summed E-state index contributed by atoms with van der Waals surface area (Å²) in [4.78, 5) is 16.6. The third kappa shape index (κ3) is 4.82. The van der Waals surface area contributed by atoms with E-state index in [4.69, 9.17) is 9.15 Å². The molecular formula is C24H22N2O3. The van der Waals surface area contributed by atoms with Crippen LogP contribution in [0.25, 0.3) is 11.1 Å². The second-order valence-corrected chi connectivity index (χ2v) is 7.10. The summed E-state index contributed by atoms with van der Waals surface area (Å²) in [5.41, 5.74) is 5.75. The Bertz CT molecular complexity index is 1130. The number of hydrogen-bond acceptors (Lipinski definition) is 4. The van der Waals surface area contributed by atoms with E-state index < -0.39 is 0 Å². The van der Waals surface area contributed by atoms with Crippen LogP contribution in [0.1, 0.15) is 22.6 Å². The summed E-state index contributed by atoms with van der Waals surface area (Å²) in [5.74, 6) is 1.15. The number of ether oxygens (including phenoxy) is 1. The van der Waals surface area contributed by atoms with Crippen LogP contribution in [-0.2, 0) is 11.2 Å². The molecule has 0 aliphatic heterocycles. The lowest BCUT2D eigenvalue weighted by Crippen LogP contribution is -2.20. The molecule has 1 heterocycles. The molecule has 1 aromatic heterocycles. The van der Waals surface area contributed by atoms with Gasteiger partial charge in [0.15, 0.2) is 18.1 Å². The maximum Gasteiger partial charge on any atom is 0.262 e. The zero-order valence-corrected chi connectivity index (χ0v) is 16.4. The Kier molecular flexibility index (Phi) is 5.29. The first-order valence-corrected chi connectivity index (χ1v) is 9.49. The molecule has 29 heavy (non-hydrogen) atoms. The Hall–Kier alpha value is -3.60. The van der Waals surface area contributed by atoms with Gasteiger partial charge in [-0.3, -0.25) is 4.79 Å². The molecule has 0 spiro atoms. The minimum absolute atomic E-state index is 0.0346. The minimum atomic E-state index is -0.201. The van der Waals surface area contributed by atoms with Crippen molar-refractivity contribution in [2.24, 2.45) is 0 Å². The molecule has 1 N–H and O–H groups in total. The van der Waals surface area contributed by atoms with Crippen molar-refractivity contribution >= 4 is 22.7 Å². The predicted molar refractivity (Wildman–Crippen MR) is 113 cm³/mol. The van der Waals surface area contributed by atoms with Gasteiger partial charge >= 0.3 is 0 Å². The number of hydrogen-bond donors (Lipinski definition) is 1. The fourth-order valence-corrected chi connectivity index (χ4v) is 3.02. The molecule has 146 valence electrons. The zero-order chi connectivity index (χ0) is 20.2. The second kappa shape index (κ2) is 8.19. The lowest BCUT2D eigenvalue weighted by molar-refractivity contribution is -0.118. The molecule has 3 aromatic carbocycles. The molecule has 4 aromatic rings. The number of carbonyl (C=O) groups is 1. The standard InChI is InChI=1S/C24H22N2O3/c1-16-3-10-20(11-4-16)28-15-23(27)25-19-8-6-18(7-9-19)14-24-26-21-13-17(2)5-12-22(21)29-24/h3-13H,14-15H2,1-2H3,(H,25,27). The molecule has 0 bridgehead atoms. The molecular weight excluding hydrogens is 364 g/mol. The van der Waals surface area contributed by atoms with Gasteiger partial charge < -0.3 is 14.5 Å². The number of aryl methyl sites for hydroxylation is 2. The van der Waals surface area contributed by atoms with Gasteiger partial charge in [0.25, 0.3) is 5.91 Å². The van der Waals surface area contributed by atoms with Crippen LogP contribution in [0.15, 0.2) is 71.1 Å². The number of nitrogens with one attached hydrogen (secondary N) is 1. The van der Waals surface area contributed by atoms with E-state index in [0.717, 1.165) is 33.5 Å². The third-order valence-electron chi connectivity index (χ3n) is 4.57. The summed E-state index contributed by atoms with van der Waals surface area (Å²) in [5, 5.41) is 2.84. The summed E-state index contributed by atoms with van der Waals surface area (Å²) >= 11 is 0. The predicted octanol–water partition coefficient (Wildman–Crippen LogP) is 5.05. The molecule has 0 fully saturated rings. The van der Waals surface area contributed by atoms with Crippen molar-refractivity contribution in [3.05, 3.63) is 89.3 Å². The summed E-state index contributed by atoms with van der Waals surface area (Å²) in [6.07, 6.45) is 0.596. The fourth-order valence-electron chi connectivity index (χ4n) is 3.02. The third-order valence-corrected chi connectivity index (χ3v) is 4.57. The minimum Gasteiger partial charge on any atom is -0.484 e. The largest absolute Gasteiger partial charge is 0.484 e. The second-order valence-electron chi connectivity index (χ2n) is 7.10. The van der Waals surface area contributed by atoms with Gasteiger partial charge in [-0.15, -0.1) is 0 Å². The first-order valence-electron chi connectivity index (χ1n) is 9.49. The summed E-state index contributed by atoms with van der Waals surface area (Å²) < 4.78 is 11.3. The number of nitrogens with zero attached hydrogens (tertiary/aromatic N) is 1. The van der Waals surface area contributed by atoms with Gasteiger partial charge in [-0.05, 0) is 61.4 Å². The number of benzene rings is 3. The Balaban J connectivity index is 1.33. The number of oxazole rings is 1. The Labute approximate surface area is 169 Å². The van der Waals surface area contributed by atoms with Crippen molar-refractivity contribution in [3.63, 3.8) is 0 Å². The first kappa shape index (κ1) is 18.7. The van der Waals surface area contributed by atoms with Crippen molar-refractivity contribution in [3.8, 4) is 5.75 Å². The highest BCUT2D eigenvalue weighted by atomic mass is 16.5. The normalized spacial score (nSPS) is 10.8. The van der Waals surface area contributed by atoms with Crippen molar-refractivity contribution in [2.75, 3.05) is 11.9 Å². The number of anilines is 1. The van der Waals surface area contributed by atoms with Crippen LogP contribution in [0.4, 0.5) is 5.69 Å². The average molecular weight is 386 g/mol. The number of fused-ring (bicyclic) bond motifs is 1. The molecule has 1 amide bonds. The lowest BCUT2D eigenvalue weighted by Gasteiger charge is -2.08. The fraction of sp³-hybridized carbons (Fsp3) is 0.167. The van der Waals surface area contributed by atoms with Crippen LogP contribution in [0.3, 0.4) is 0 Å². The molecule has 0 saturated heterocycles. The highest BCUT2D eigenvalue weighted by Crippen LogP contribution is 2.20. The van der Waals surface area contributed by atoms with Gasteiger partial charge in [0.05, 0.1) is 0 Å². The molecule has 4 rings (SSSR count). The topological polar surface area (TPSA) is 64.4 Å². The summed E-state index contributed by atoms with van der Waals surface area (Å²) in [7, 11) is 0. The quantitative estimate of drug-likeness (QED) is 0.503. The molecule has 0 unspecified atom stereocenters. The Morgan fingerprint density at radius 3 is 2.45 bits per heavy atom. The van der Waals surface area contributed by atoms with Gasteiger partial charge in [0, 0.05) is 12.1 Å². The van der Waals surface area contributed by atoms with Crippen molar-refractivity contribution in [1.29, 1.82) is 0 Å². The number of aromatic nitrogens is 1. The van der Waals surface area contributed by atoms with E-state index in [1.807, 2.05) is 80.6 Å². The van der Waals surface area contributed by atoms with Gasteiger partial charge in [-0.2, -0.15) is 0 Å². The number of rotatable bonds is 6. The maximum absolute atomic E-state index is 12.1. The SMILES string of the molecule is Cc1ccc(OCC(=O)Nc2ccc(Cc3nc4cc(C)ccc4o3)cc2)cc1. The molecule has 0 radical (unpaired) electrons. The van der Waals surface area contributed by atoms with E-state index in [0.29, 0.717) is 18.1 Å². The van der Waals surface area contributed by atoms with Crippen LogP contribution >= 0.6 is 0 Å². The summed E-state index contributed by atoms with van der Waals surface area (Å²) in [6.45, 7) is 4.01. The van der Waals surface area contributed by atoms with Crippen LogP contribution in [0.5, 0.6) is 5.75 Å². The zero-order valence-electron chi connectivity index (χ0n) is 16.4. The molecule has 0 saturated carbocycles. The number of amides is 1. The van der Waals surface area contributed by atoms with Gasteiger partial charge in [0.2, 0.25) is 0 Å². The van der Waals surface area contributed by atoms with Crippen LogP contribution in [0, 0.1) is 13.8 Å². The van der Waals surface area contributed by atoms with Crippen LogP contribution in [-0.4, -0.2) is 17.5 Å². The van der Waals surface area contributed by atoms with E-state index in [9.17, 15) is 4.79 Å². The van der Waals surface area contributed by atoms with E-state index in [-0.39, 0.29) is 12.5 Å². The average Bonchev–Trinajstić information content (AvgIpc) is 3.10. The van der Waals surface area contributed by atoms with Gasteiger partial charge in [-0.1, -0.05) is 35.9 Å². The van der Waals surface area contributed by atoms with E-state index >= 15 is 0 Å². The molecule has 0 aliphatic rings. The van der Waals surface area contributed by atoms with Crippen LogP contribution in [0.2, 0.25) is 0 Å². The van der Waals surface area contributed by atoms with Crippen molar-refractivity contribution in [2.45, 2.75) is 20.3 Å². The van der Waals surface area contributed by atoms with E-state index in [1.54, 1.807) is 0 Å². The lowest BCUT2D eigenvalue weighted by atomic mass is 10.1. The summed E-state index contributed by atoms with van der Waals surface area (Å²) in [6, 6.07) is 21.2. The van der Waals surface area contributed by atoms with Gasteiger partial charge in [-0.25, -0.2) is 4.98 Å². The maximum atomic E-state index is 12.1. The highest BCUT2D eigenvalue weighted by Gasteiger charge is 2.08. The van der Waals surface area contributed by atoms with E-state index in [2.05, 4.69) is 10.3 Å². The van der Waals surface area contributed by atoms with E-state index in [1.165, 1.54) is 0 Å². The molecule has 0 atom stereocenters. The van der Waals surface area contributed by atoms with Crippen LogP contribution < -0.4 is 10.1 Å². The molecule has 0 aliphatic carbocycles. The molecule has 5 heteroatoms. The van der Waals surface area contributed by atoms with Crippen molar-refractivity contribution < 1.29 is 13.9 Å². The Morgan fingerprint density at radius 1 is 0.966 bits per heavy atom. The number of carbonyl (C=O) groups excluding carboxylic acids is 1. The Morgan fingerprint density at radius 2 is 1.69 bits per heavy atom. The monoisotopic (exact) mass is 386 g/mol. The molecule has 5 nitrogen and oxygen atoms in total.